The Morgan fingerprint density at radius 3 is 2.65 bits per heavy atom. The molecule has 1 unspecified atom stereocenters. The maximum Gasteiger partial charge on any atom is 0.0175 e. The highest BCUT2D eigenvalue weighted by atomic mass is 79.9. The van der Waals surface area contributed by atoms with E-state index in [2.05, 4.69) is 59.0 Å². The average molecular weight is 296 g/mol. The van der Waals surface area contributed by atoms with Gasteiger partial charge in [0.2, 0.25) is 0 Å². The topological polar surface area (TPSA) is 12.0 Å². The fourth-order valence-electron chi connectivity index (χ4n) is 1.98. The van der Waals surface area contributed by atoms with Crippen LogP contribution >= 0.6 is 15.9 Å². The molecule has 0 aliphatic rings. The Labute approximate surface area is 113 Å². The van der Waals surface area contributed by atoms with E-state index >= 15 is 0 Å². The van der Waals surface area contributed by atoms with Gasteiger partial charge in [-0.3, -0.25) is 0 Å². The van der Waals surface area contributed by atoms with Crippen molar-refractivity contribution in [2.45, 2.75) is 38.6 Å². The number of likely N-dealkylation sites (N-methyl/N-ethyl adjacent to an activating group) is 1. The summed E-state index contributed by atoms with van der Waals surface area (Å²) in [5, 5.41) is 3.56. The molecule has 2 heteroatoms. The van der Waals surface area contributed by atoms with Gasteiger partial charge in [0, 0.05) is 10.5 Å². The molecule has 17 heavy (non-hydrogen) atoms. The lowest BCUT2D eigenvalue weighted by atomic mass is 10.0. The van der Waals surface area contributed by atoms with E-state index in [-0.39, 0.29) is 0 Å². The maximum absolute atomic E-state index is 3.77. The minimum atomic E-state index is 0.584. The number of nitrogens with one attached hydrogen (secondary N) is 1. The normalized spacial score (nSPS) is 12.4. The lowest BCUT2D eigenvalue weighted by Gasteiger charge is -2.17. The largest absolute Gasteiger partial charge is 0.314 e. The molecule has 1 atom stereocenters. The molecule has 0 heterocycles. The Hall–Kier alpha value is -0.600. The molecule has 0 spiro atoms. The zero-order chi connectivity index (χ0) is 12.5. The van der Waals surface area contributed by atoms with Crippen molar-refractivity contribution in [3.8, 4) is 0 Å². The van der Waals surface area contributed by atoms with E-state index in [0.717, 1.165) is 23.9 Å². The molecule has 1 N–H and O–H groups in total. The zero-order valence-electron chi connectivity index (χ0n) is 10.6. The average Bonchev–Trinajstić information content (AvgIpc) is 2.32. The van der Waals surface area contributed by atoms with Crippen molar-refractivity contribution in [3.05, 3.63) is 47.0 Å². The summed E-state index contributed by atoms with van der Waals surface area (Å²) in [5.74, 6) is 0. The van der Waals surface area contributed by atoms with Crippen molar-refractivity contribution in [3.63, 3.8) is 0 Å². The summed E-state index contributed by atoms with van der Waals surface area (Å²) >= 11 is 3.47. The molecule has 0 amide bonds. The molecule has 1 nitrogen and oxygen atoms in total. The number of unbranched alkanes of at least 4 members (excludes halogenated alkanes) is 1. The smallest absolute Gasteiger partial charge is 0.0175 e. The highest BCUT2D eigenvalue weighted by Gasteiger charge is 2.07. The first-order chi connectivity index (χ1) is 8.26. The van der Waals surface area contributed by atoms with Gasteiger partial charge in [0.05, 0.1) is 0 Å². The summed E-state index contributed by atoms with van der Waals surface area (Å²) in [6.07, 6.45) is 6.66. The monoisotopic (exact) mass is 295 g/mol. The molecule has 1 aromatic rings. The zero-order valence-corrected chi connectivity index (χ0v) is 12.2. The summed E-state index contributed by atoms with van der Waals surface area (Å²) in [6.45, 7) is 6.98. The third kappa shape index (κ3) is 6.04. The first-order valence-electron chi connectivity index (χ1n) is 6.35. The van der Waals surface area contributed by atoms with E-state index in [1.54, 1.807) is 0 Å². The third-order valence-electron chi connectivity index (χ3n) is 2.85. The molecule has 0 aromatic heterocycles. The molecule has 0 bridgehead atoms. The summed E-state index contributed by atoms with van der Waals surface area (Å²) < 4.78 is 1.15. The maximum atomic E-state index is 3.77. The van der Waals surface area contributed by atoms with E-state index in [0.29, 0.717) is 6.04 Å². The van der Waals surface area contributed by atoms with Crippen LogP contribution in [0, 0.1) is 0 Å². The second-order valence-corrected chi connectivity index (χ2v) is 5.22. The predicted octanol–water partition coefficient (Wildman–Crippen LogP) is 4.33. The van der Waals surface area contributed by atoms with Crippen molar-refractivity contribution < 1.29 is 0 Å². The molecule has 1 rings (SSSR count). The second-order valence-electron chi connectivity index (χ2n) is 4.30. The van der Waals surface area contributed by atoms with E-state index in [1.807, 2.05) is 6.08 Å². The van der Waals surface area contributed by atoms with E-state index in [4.69, 9.17) is 0 Å². The predicted molar refractivity (Wildman–Crippen MR) is 79.4 cm³/mol. The molecule has 0 fully saturated rings. The lowest BCUT2D eigenvalue weighted by molar-refractivity contribution is 0.478. The van der Waals surface area contributed by atoms with Gasteiger partial charge in [0.1, 0.15) is 0 Å². The number of rotatable bonds is 8. The standard InChI is InChI=1S/C15H22BrN/c1-3-5-6-7-15(17-4-2)12-13-8-10-14(16)11-9-13/h3,8-11,15,17H,1,4-7,12H2,2H3. The fraction of sp³-hybridized carbons (Fsp3) is 0.467. The number of halogens is 1. The van der Waals surface area contributed by atoms with E-state index in [9.17, 15) is 0 Å². The quantitative estimate of drug-likeness (QED) is 0.556. The van der Waals surface area contributed by atoms with Crippen molar-refractivity contribution in [1.29, 1.82) is 0 Å². The second kappa shape index (κ2) is 8.48. The van der Waals surface area contributed by atoms with Crippen LogP contribution in [0.3, 0.4) is 0 Å². The van der Waals surface area contributed by atoms with Crippen LogP contribution in [0.4, 0.5) is 0 Å². The van der Waals surface area contributed by atoms with Gasteiger partial charge >= 0.3 is 0 Å². The van der Waals surface area contributed by atoms with Crippen LogP contribution in [0.2, 0.25) is 0 Å². The first-order valence-corrected chi connectivity index (χ1v) is 7.14. The number of hydrogen-bond donors (Lipinski definition) is 1. The highest BCUT2D eigenvalue weighted by molar-refractivity contribution is 9.10. The van der Waals surface area contributed by atoms with E-state index < -0.39 is 0 Å². The van der Waals surface area contributed by atoms with Crippen LogP contribution in [0.15, 0.2) is 41.4 Å². The number of allylic oxidation sites excluding steroid dienone is 1. The van der Waals surface area contributed by atoms with Gasteiger partial charge in [-0.25, -0.2) is 0 Å². The Morgan fingerprint density at radius 1 is 1.35 bits per heavy atom. The van der Waals surface area contributed by atoms with Gasteiger partial charge in [-0.2, -0.15) is 0 Å². The van der Waals surface area contributed by atoms with Crippen LogP contribution in [-0.2, 0) is 6.42 Å². The molecule has 1 aromatic carbocycles. The lowest BCUT2D eigenvalue weighted by Crippen LogP contribution is -2.30. The van der Waals surface area contributed by atoms with Crippen LogP contribution < -0.4 is 5.32 Å². The van der Waals surface area contributed by atoms with Crippen LogP contribution in [0.5, 0.6) is 0 Å². The van der Waals surface area contributed by atoms with E-state index in [1.165, 1.54) is 18.4 Å². The Balaban J connectivity index is 2.47. The van der Waals surface area contributed by atoms with Crippen molar-refractivity contribution in [2.24, 2.45) is 0 Å². The molecule has 0 aliphatic carbocycles. The van der Waals surface area contributed by atoms with Crippen LogP contribution in [0.25, 0.3) is 0 Å². The van der Waals surface area contributed by atoms with Gasteiger partial charge in [0.15, 0.2) is 0 Å². The molecule has 0 saturated carbocycles. The number of hydrogen-bond acceptors (Lipinski definition) is 1. The van der Waals surface area contributed by atoms with Crippen LogP contribution in [-0.4, -0.2) is 12.6 Å². The van der Waals surface area contributed by atoms with Crippen molar-refractivity contribution in [1.82, 2.24) is 5.32 Å². The Kier molecular flexibility index (Phi) is 7.22. The summed E-state index contributed by atoms with van der Waals surface area (Å²) in [4.78, 5) is 0. The van der Waals surface area contributed by atoms with Gasteiger partial charge < -0.3 is 5.32 Å². The van der Waals surface area contributed by atoms with Gasteiger partial charge in [-0.05, 0) is 49.9 Å². The third-order valence-corrected chi connectivity index (χ3v) is 3.38. The molecule has 0 aliphatic heterocycles. The Morgan fingerprint density at radius 2 is 2.06 bits per heavy atom. The van der Waals surface area contributed by atoms with Crippen LogP contribution in [0.1, 0.15) is 31.7 Å². The molecule has 0 radical (unpaired) electrons. The minimum absolute atomic E-state index is 0.584. The summed E-state index contributed by atoms with van der Waals surface area (Å²) in [7, 11) is 0. The fourth-order valence-corrected chi connectivity index (χ4v) is 2.24. The summed E-state index contributed by atoms with van der Waals surface area (Å²) in [5.41, 5.74) is 1.40. The highest BCUT2D eigenvalue weighted by Crippen LogP contribution is 2.14. The first kappa shape index (κ1) is 14.5. The van der Waals surface area contributed by atoms with Crippen molar-refractivity contribution >= 4 is 15.9 Å². The van der Waals surface area contributed by atoms with Gasteiger partial charge in [0.25, 0.3) is 0 Å². The Bertz CT molecular complexity index is 318. The molecular weight excluding hydrogens is 274 g/mol. The molecular formula is C15H22BrN. The van der Waals surface area contributed by atoms with Gasteiger partial charge in [-0.15, -0.1) is 6.58 Å². The SMILES string of the molecule is C=CCCCC(Cc1ccc(Br)cc1)NCC. The van der Waals surface area contributed by atoms with Gasteiger partial charge in [-0.1, -0.05) is 41.1 Å². The summed E-state index contributed by atoms with van der Waals surface area (Å²) in [6, 6.07) is 9.20. The molecule has 94 valence electrons. The van der Waals surface area contributed by atoms with Crippen molar-refractivity contribution in [2.75, 3.05) is 6.54 Å². The number of benzene rings is 1. The molecule has 0 saturated heterocycles. The minimum Gasteiger partial charge on any atom is -0.314 e.